The lowest BCUT2D eigenvalue weighted by Crippen LogP contribution is -2.05. The molecule has 0 aliphatic carbocycles. The number of halogens is 1. The van der Waals surface area contributed by atoms with Crippen molar-refractivity contribution in [3.63, 3.8) is 0 Å². The minimum atomic E-state index is -2.36. The molecule has 1 aromatic rings. The maximum absolute atomic E-state index is 11.3. The lowest BCUT2D eigenvalue weighted by atomic mass is 10.2. The van der Waals surface area contributed by atoms with Gasteiger partial charge in [-0.3, -0.25) is 9.35 Å². The Labute approximate surface area is 107 Å². The fraction of sp³-hybridized carbons (Fsp3) is 0.300. The Kier molecular flexibility index (Phi) is 8.61. The molecule has 0 aliphatic heterocycles. The van der Waals surface area contributed by atoms with Crippen LogP contribution in [-0.2, 0) is 16.0 Å². The molecule has 5 nitrogen and oxygen atoms in total. The molecule has 2 N–H and O–H groups in total. The molecule has 1 aromatic carbocycles. The van der Waals surface area contributed by atoms with Gasteiger partial charge in [-0.25, -0.2) is 4.79 Å². The van der Waals surface area contributed by atoms with E-state index < -0.39 is 11.3 Å². The third-order valence-electron chi connectivity index (χ3n) is 1.50. The molecule has 0 heterocycles. The van der Waals surface area contributed by atoms with E-state index in [9.17, 15) is 4.79 Å². The fourth-order valence-electron chi connectivity index (χ4n) is 0.894. The van der Waals surface area contributed by atoms with E-state index in [1.165, 1.54) is 0 Å². The second kappa shape index (κ2) is 9.12. The van der Waals surface area contributed by atoms with Crippen LogP contribution in [0.1, 0.15) is 23.7 Å². The third kappa shape index (κ3) is 8.82. The number of esters is 1. The van der Waals surface area contributed by atoms with E-state index in [1.807, 2.05) is 6.92 Å². The number of ether oxygens (including phenoxy) is 1. The summed E-state index contributed by atoms with van der Waals surface area (Å²) in [6.07, 6.45) is 0.826. The van der Waals surface area contributed by atoms with Crippen molar-refractivity contribution in [1.29, 1.82) is 0 Å². The van der Waals surface area contributed by atoms with E-state index in [2.05, 4.69) is 5.14 Å². The first-order valence-electron chi connectivity index (χ1n) is 4.73. The van der Waals surface area contributed by atoms with E-state index in [0.29, 0.717) is 17.2 Å². The minimum absolute atomic E-state index is 0.315. The van der Waals surface area contributed by atoms with Gasteiger partial charge in [-0.2, -0.15) is 0 Å². The summed E-state index contributed by atoms with van der Waals surface area (Å²) in [7, 11) is 0. The third-order valence-corrected chi connectivity index (χ3v) is 1.73. The van der Waals surface area contributed by atoms with Crippen LogP contribution >= 0.6 is 11.6 Å². The summed E-state index contributed by atoms with van der Waals surface area (Å²) in [6, 6.07) is 6.73. The maximum atomic E-state index is 11.3. The molecule has 17 heavy (non-hydrogen) atoms. The van der Waals surface area contributed by atoms with Crippen LogP contribution in [0.2, 0.25) is 5.02 Å². The van der Waals surface area contributed by atoms with Gasteiger partial charge in [0.15, 0.2) is 0 Å². The van der Waals surface area contributed by atoms with Crippen LogP contribution in [-0.4, -0.2) is 21.3 Å². The number of benzene rings is 1. The molecule has 0 aliphatic rings. The van der Waals surface area contributed by atoms with Crippen molar-refractivity contribution < 1.29 is 18.3 Å². The standard InChI is InChI=1S/C10H11ClO2.H3NO2S/c1-2-6-13-10(12)8-4-3-5-9(11)7-8;1-4(2)3/h3-5,7H,2,6H2,1H3;1H2,(H,2,3)/p-1. The summed E-state index contributed by atoms with van der Waals surface area (Å²) < 4.78 is 22.5. The molecule has 1 atom stereocenters. The summed E-state index contributed by atoms with van der Waals surface area (Å²) >= 11 is 3.35. The summed E-state index contributed by atoms with van der Waals surface area (Å²) in [5, 5.41) is 4.57. The summed E-state index contributed by atoms with van der Waals surface area (Å²) in [5.74, 6) is -0.315. The lowest BCUT2D eigenvalue weighted by Gasteiger charge is -2.02. The van der Waals surface area contributed by atoms with Gasteiger partial charge in [-0.1, -0.05) is 24.6 Å². The zero-order chi connectivity index (χ0) is 13.3. The first kappa shape index (κ1) is 16.1. The Morgan fingerprint density at radius 2 is 2.18 bits per heavy atom. The first-order valence-corrected chi connectivity index (χ1v) is 6.25. The van der Waals surface area contributed by atoms with Crippen LogP contribution in [0.15, 0.2) is 24.3 Å². The Morgan fingerprint density at radius 3 is 2.65 bits per heavy atom. The van der Waals surface area contributed by atoms with E-state index in [4.69, 9.17) is 25.1 Å². The van der Waals surface area contributed by atoms with Gasteiger partial charge in [-0.15, -0.1) is 0 Å². The van der Waals surface area contributed by atoms with E-state index in [0.717, 1.165) is 6.42 Å². The molecule has 1 rings (SSSR count). The average molecular weight is 279 g/mol. The fourth-order valence-corrected chi connectivity index (χ4v) is 1.08. The molecule has 96 valence electrons. The Balaban J connectivity index is 0.000000557. The van der Waals surface area contributed by atoms with Gasteiger partial charge in [0.2, 0.25) is 0 Å². The van der Waals surface area contributed by atoms with Gasteiger partial charge in [0.1, 0.15) is 0 Å². The summed E-state index contributed by atoms with van der Waals surface area (Å²) in [5.41, 5.74) is 0.501. The average Bonchev–Trinajstić information content (AvgIpc) is 2.25. The van der Waals surface area contributed by atoms with Crippen molar-refractivity contribution in [1.82, 2.24) is 0 Å². The highest BCUT2D eigenvalue weighted by molar-refractivity contribution is 7.76. The summed E-state index contributed by atoms with van der Waals surface area (Å²) in [4.78, 5) is 11.3. The highest BCUT2D eigenvalue weighted by Crippen LogP contribution is 2.11. The lowest BCUT2D eigenvalue weighted by molar-refractivity contribution is 0.0505. The second-order valence-electron chi connectivity index (χ2n) is 2.91. The van der Waals surface area contributed by atoms with Gasteiger partial charge in [-0.05, 0) is 24.6 Å². The van der Waals surface area contributed by atoms with Crippen molar-refractivity contribution in [3.05, 3.63) is 34.9 Å². The molecule has 0 fully saturated rings. The number of hydrogen-bond donors (Lipinski definition) is 1. The van der Waals surface area contributed by atoms with Crippen molar-refractivity contribution in [3.8, 4) is 0 Å². The van der Waals surface area contributed by atoms with Crippen molar-refractivity contribution in [2.24, 2.45) is 5.14 Å². The van der Waals surface area contributed by atoms with Crippen LogP contribution in [0.3, 0.4) is 0 Å². The largest absolute Gasteiger partial charge is 0.760 e. The first-order chi connectivity index (χ1) is 7.97. The van der Waals surface area contributed by atoms with Gasteiger partial charge in [0.25, 0.3) is 0 Å². The predicted molar refractivity (Wildman–Crippen MR) is 65.1 cm³/mol. The smallest absolute Gasteiger partial charge is 0.338 e. The molecular weight excluding hydrogens is 266 g/mol. The van der Waals surface area contributed by atoms with Crippen LogP contribution in [0.25, 0.3) is 0 Å². The maximum Gasteiger partial charge on any atom is 0.338 e. The number of hydrogen-bond acceptors (Lipinski definition) is 4. The molecule has 0 aromatic heterocycles. The number of rotatable bonds is 3. The molecule has 0 saturated carbocycles. The van der Waals surface area contributed by atoms with Crippen LogP contribution in [0, 0.1) is 0 Å². The Hall–Kier alpha value is -0.950. The quantitative estimate of drug-likeness (QED) is 0.672. The molecule has 0 bridgehead atoms. The highest BCUT2D eigenvalue weighted by Gasteiger charge is 2.05. The van der Waals surface area contributed by atoms with Crippen molar-refractivity contribution in [2.45, 2.75) is 13.3 Å². The van der Waals surface area contributed by atoms with Crippen LogP contribution < -0.4 is 5.14 Å². The van der Waals surface area contributed by atoms with E-state index in [1.54, 1.807) is 24.3 Å². The monoisotopic (exact) mass is 278 g/mol. The highest BCUT2D eigenvalue weighted by atomic mass is 35.5. The van der Waals surface area contributed by atoms with Crippen LogP contribution in [0.5, 0.6) is 0 Å². The minimum Gasteiger partial charge on any atom is -0.760 e. The van der Waals surface area contributed by atoms with Gasteiger partial charge >= 0.3 is 5.97 Å². The number of carbonyl (C=O) groups excluding carboxylic acids is 1. The second-order valence-corrected chi connectivity index (χ2v) is 3.86. The Morgan fingerprint density at radius 1 is 1.59 bits per heavy atom. The molecular formula is C10H13ClNO4S-. The normalized spacial score (nSPS) is 11.1. The molecule has 0 radical (unpaired) electrons. The SMILES string of the molecule is CCCOC(=O)c1cccc(Cl)c1.NS(=O)[O-]. The van der Waals surface area contributed by atoms with Gasteiger partial charge in [0, 0.05) is 16.3 Å². The van der Waals surface area contributed by atoms with E-state index >= 15 is 0 Å². The topological polar surface area (TPSA) is 92.5 Å². The van der Waals surface area contributed by atoms with Crippen molar-refractivity contribution >= 4 is 28.8 Å². The predicted octanol–water partition coefficient (Wildman–Crippen LogP) is 1.65. The van der Waals surface area contributed by atoms with Crippen LogP contribution in [0.4, 0.5) is 0 Å². The summed E-state index contributed by atoms with van der Waals surface area (Å²) in [6.45, 7) is 2.40. The molecule has 0 spiro atoms. The zero-order valence-electron chi connectivity index (χ0n) is 9.22. The van der Waals surface area contributed by atoms with E-state index in [-0.39, 0.29) is 5.97 Å². The molecule has 0 saturated heterocycles. The number of nitrogens with two attached hydrogens (primary N) is 1. The molecule has 1 unspecified atom stereocenters. The van der Waals surface area contributed by atoms with Gasteiger partial charge < -0.3 is 9.29 Å². The molecule has 7 heteroatoms. The van der Waals surface area contributed by atoms with Crippen molar-refractivity contribution in [2.75, 3.05) is 6.61 Å². The number of carbonyl (C=O) groups is 1. The Bertz CT molecular complexity index is 382. The molecule has 0 amide bonds. The van der Waals surface area contributed by atoms with Gasteiger partial charge in [0.05, 0.1) is 12.2 Å². The zero-order valence-corrected chi connectivity index (χ0v) is 10.8.